The summed E-state index contributed by atoms with van der Waals surface area (Å²) >= 11 is 0. The molecule has 70 valence electrons. The third-order valence-corrected chi connectivity index (χ3v) is 2.94. The molecule has 12 heavy (non-hydrogen) atoms. The van der Waals surface area contributed by atoms with Gasteiger partial charge in [0.05, 0.1) is 6.61 Å². The number of nitrogens with one attached hydrogen (secondary N) is 2. The maximum Gasteiger partial charge on any atom is 0.108 e. The summed E-state index contributed by atoms with van der Waals surface area (Å²) in [6, 6.07) is 0.581. The number of hydrogen-bond acceptors (Lipinski definition) is 3. The van der Waals surface area contributed by atoms with Crippen molar-refractivity contribution in [3.63, 3.8) is 0 Å². The van der Waals surface area contributed by atoms with Crippen molar-refractivity contribution in [2.75, 3.05) is 26.2 Å². The number of rotatable bonds is 2. The molecular formula is C9H18N2O. The molecule has 1 spiro atoms. The van der Waals surface area contributed by atoms with Crippen molar-refractivity contribution in [3.8, 4) is 0 Å². The first-order valence-electron chi connectivity index (χ1n) is 4.95. The normalized spacial score (nSPS) is 33.2. The van der Waals surface area contributed by atoms with E-state index in [1.54, 1.807) is 0 Å². The van der Waals surface area contributed by atoms with Gasteiger partial charge in [-0.25, -0.2) is 0 Å². The van der Waals surface area contributed by atoms with Gasteiger partial charge in [0, 0.05) is 25.7 Å². The van der Waals surface area contributed by atoms with Crippen molar-refractivity contribution in [1.29, 1.82) is 0 Å². The lowest BCUT2D eigenvalue weighted by Crippen LogP contribution is -2.73. The van der Waals surface area contributed by atoms with Gasteiger partial charge in [-0.2, -0.15) is 0 Å². The first kappa shape index (κ1) is 8.48. The van der Waals surface area contributed by atoms with Gasteiger partial charge in [0.2, 0.25) is 0 Å². The van der Waals surface area contributed by atoms with E-state index in [4.69, 9.17) is 4.74 Å². The van der Waals surface area contributed by atoms with Crippen LogP contribution in [0.3, 0.4) is 0 Å². The minimum absolute atomic E-state index is 0.147. The van der Waals surface area contributed by atoms with Crippen molar-refractivity contribution in [1.82, 2.24) is 10.6 Å². The van der Waals surface area contributed by atoms with Crippen LogP contribution in [-0.4, -0.2) is 37.9 Å². The van der Waals surface area contributed by atoms with Crippen molar-refractivity contribution >= 4 is 0 Å². The Bertz CT molecular complexity index is 155. The third kappa shape index (κ3) is 1.26. The average molecular weight is 170 g/mol. The molecule has 3 nitrogen and oxygen atoms in total. The highest BCUT2D eigenvalue weighted by atomic mass is 16.5. The fraction of sp³-hybridized carbons (Fsp3) is 1.00. The summed E-state index contributed by atoms with van der Waals surface area (Å²) in [5, 5.41) is 6.84. The Labute approximate surface area is 73.9 Å². The zero-order valence-electron chi connectivity index (χ0n) is 7.73. The van der Waals surface area contributed by atoms with Crippen LogP contribution < -0.4 is 10.6 Å². The number of hydrogen-bond donors (Lipinski definition) is 2. The van der Waals surface area contributed by atoms with Gasteiger partial charge in [-0.05, 0) is 6.42 Å². The Balaban J connectivity index is 1.97. The monoisotopic (exact) mass is 170 g/mol. The number of morpholine rings is 1. The topological polar surface area (TPSA) is 33.3 Å². The molecule has 2 N–H and O–H groups in total. The van der Waals surface area contributed by atoms with Crippen LogP contribution in [0.4, 0.5) is 0 Å². The molecule has 0 amide bonds. The first-order valence-corrected chi connectivity index (χ1v) is 4.95. The largest absolute Gasteiger partial charge is 0.369 e. The van der Waals surface area contributed by atoms with Crippen LogP contribution in [0.25, 0.3) is 0 Å². The van der Waals surface area contributed by atoms with E-state index in [0.717, 1.165) is 26.2 Å². The molecule has 2 heterocycles. The van der Waals surface area contributed by atoms with E-state index in [-0.39, 0.29) is 5.60 Å². The van der Waals surface area contributed by atoms with Crippen molar-refractivity contribution in [2.24, 2.45) is 0 Å². The SMILES string of the molecule is CCCC1NCCOC12CNC2. The van der Waals surface area contributed by atoms with E-state index in [2.05, 4.69) is 17.6 Å². The molecule has 2 aliphatic rings. The van der Waals surface area contributed by atoms with Gasteiger partial charge >= 0.3 is 0 Å². The van der Waals surface area contributed by atoms with E-state index in [1.165, 1.54) is 12.8 Å². The van der Waals surface area contributed by atoms with Crippen LogP contribution in [0.15, 0.2) is 0 Å². The smallest absolute Gasteiger partial charge is 0.108 e. The highest BCUT2D eigenvalue weighted by Crippen LogP contribution is 2.26. The molecule has 0 aromatic heterocycles. The summed E-state index contributed by atoms with van der Waals surface area (Å²) in [4.78, 5) is 0. The molecule has 0 aromatic rings. The Morgan fingerprint density at radius 2 is 2.33 bits per heavy atom. The lowest BCUT2D eigenvalue weighted by molar-refractivity contribution is -0.128. The maximum atomic E-state index is 5.84. The summed E-state index contributed by atoms with van der Waals surface area (Å²) < 4.78 is 5.84. The van der Waals surface area contributed by atoms with Gasteiger partial charge in [0.25, 0.3) is 0 Å². The Morgan fingerprint density at radius 1 is 1.50 bits per heavy atom. The maximum absolute atomic E-state index is 5.84. The Morgan fingerprint density at radius 3 is 2.92 bits per heavy atom. The second-order valence-electron chi connectivity index (χ2n) is 3.81. The van der Waals surface area contributed by atoms with Crippen LogP contribution in [-0.2, 0) is 4.74 Å². The van der Waals surface area contributed by atoms with Gasteiger partial charge in [0.15, 0.2) is 0 Å². The molecule has 0 bridgehead atoms. The molecular weight excluding hydrogens is 152 g/mol. The second-order valence-corrected chi connectivity index (χ2v) is 3.81. The summed E-state index contributed by atoms with van der Waals surface area (Å²) in [5.74, 6) is 0. The summed E-state index contributed by atoms with van der Waals surface area (Å²) in [6.45, 7) is 6.19. The molecule has 2 saturated heterocycles. The lowest BCUT2D eigenvalue weighted by atomic mass is 9.84. The predicted octanol–water partition coefficient (Wildman–Crippen LogP) is 0.117. The first-order chi connectivity index (χ1) is 5.87. The third-order valence-electron chi connectivity index (χ3n) is 2.94. The van der Waals surface area contributed by atoms with Crippen LogP contribution in [0.5, 0.6) is 0 Å². The highest BCUT2D eigenvalue weighted by molar-refractivity contribution is 5.05. The van der Waals surface area contributed by atoms with Crippen LogP contribution in [0.1, 0.15) is 19.8 Å². The highest BCUT2D eigenvalue weighted by Gasteiger charge is 2.46. The quantitative estimate of drug-likeness (QED) is 0.617. The molecule has 1 atom stereocenters. The predicted molar refractivity (Wildman–Crippen MR) is 48.3 cm³/mol. The molecule has 2 fully saturated rings. The molecule has 0 aliphatic carbocycles. The van der Waals surface area contributed by atoms with Crippen LogP contribution >= 0.6 is 0 Å². The molecule has 0 saturated carbocycles. The van der Waals surface area contributed by atoms with E-state index in [1.807, 2.05) is 0 Å². The standard InChI is InChI=1S/C9H18N2O/c1-2-3-8-9(6-10-7-9)12-5-4-11-8/h8,10-11H,2-7H2,1H3. The van der Waals surface area contributed by atoms with E-state index < -0.39 is 0 Å². The average Bonchev–Trinajstić information content (AvgIpc) is 2.03. The molecule has 2 aliphatic heterocycles. The minimum Gasteiger partial charge on any atom is -0.369 e. The van der Waals surface area contributed by atoms with Gasteiger partial charge in [-0.1, -0.05) is 13.3 Å². The van der Waals surface area contributed by atoms with E-state index in [0.29, 0.717) is 6.04 Å². The number of ether oxygens (including phenoxy) is 1. The van der Waals surface area contributed by atoms with Crippen molar-refractivity contribution in [3.05, 3.63) is 0 Å². The van der Waals surface area contributed by atoms with Crippen molar-refractivity contribution in [2.45, 2.75) is 31.4 Å². The fourth-order valence-electron chi connectivity index (χ4n) is 2.15. The van der Waals surface area contributed by atoms with E-state index in [9.17, 15) is 0 Å². The van der Waals surface area contributed by atoms with Crippen molar-refractivity contribution < 1.29 is 4.74 Å². The second kappa shape index (κ2) is 3.32. The summed E-state index contributed by atoms with van der Waals surface area (Å²) in [7, 11) is 0. The molecule has 1 unspecified atom stereocenters. The van der Waals surface area contributed by atoms with Gasteiger partial charge < -0.3 is 15.4 Å². The van der Waals surface area contributed by atoms with Gasteiger partial charge in [-0.15, -0.1) is 0 Å². The van der Waals surface area contributed by atoms with Crippen LogP contribution in [0.2, 0.25) is 0 Å². The van der Waals surface area contributed by atoms with E-state index >= 15 is 0 Å². The minimum atomic E-state index is 0.147. The lowest BCUT2D eigenvalue weighted by Gasteiger charge is -2.50. The fourth-order valence-corrected chi connectivity index (χ4v) is 2.15. The Kier molecular flexibility index (Phi) is 2.35. The Hall–Kier alpha value is -0.120. The molecule has 2 rings (SSSR count). The summed E-state index contributed by atoms with van der Waals surface area (Å²) in [6.07, 6.45) is 2.48. The zero-order valence-corrected chi connectivity index (χ0v) is 7.73. The van der Waals surface area contributed by atoms with Crippen LogP contribution in [0, 0.1) is 0 Å². The molecule has 3 heteroatoms. The molecule has 0 aromatic carbocycles. The molecule has 0 radical (unpaired) electrons. The summed E-state index contributed by atoms with van der Waals surface area (Å²) in [5.41, 5.74) is 0.147. The van der Waals surface area contributed by atoms with Gasteiger partial charge in [-0.3, -0.25) is 0 Å². The zero-order chi connectivity index (χ0) is 8.44. The van der Waals surface area contributed by atoms with Gasteiger partial charge in [0.1, 0.15) is 5.60 Å².